The van der Waals surface area contributed by atoms with Crippen molar-refractivity contribution >= 4 is 41.0 Å². The SMILES string of the molecule is CN=Cc1nn(-c2ccc(Cl)cc2Cl)c(-c2ccc(Cl)cc2)c1C. The highest BCUT2D eigenvalue weighted by Crippen LogP contribution is 2.32. The normalized spacial score (nSPS) is 11.4. The lowest BCUT2D eigenvalue weighted by atomic mass is 10.1. The van der Waals surface area contributed by atoms with Gasteiger partial charge in [0.05, 0.1) is 16.4 Å². The lowest BCUT2D eigenvalue weighted by Crippen LogP contribution is -2.01. The number of hydrogen-bond acceptors (Lipinski definition) is 2. The van der Waals surface area contributed by atoms with Gasteiger partial charge in [-0.25, -0.2) is 4.68 Å². The molecule has 122 valence electrons. The molecule has 1 heterocycles. The Morgan fingerprint density at radius 1 is 1.00 bits per heavy atom. The maximum absolute atomic E-state index is 6.39. The molecule has 24 heavy (non-hydrogen) atoms. The standard InChI is InChI=1S/C18H14Cl3N3/c1-11-16(10-22-2)23-24(17-8-7-14(20)9-15(17)21)18(11)12-3-5-13(19)6-4-12/h3-10H,1-2H3. The maximum Gasteiger partial charge on any atom is 0.107 e. The monoisotopic (exact) mass is 377 g/mol. The van der Waals surface area contributed by atoms with Crippen molar-refractivity contribution in [2.75, 3.05) is 7.05 Å². The smallest absolute Gasteiger partial charge is 0.107 e. The minimum absolute atomic E-state index is 0.528. The van der Waals surface area contributed by atoms with Crippen molar-refractivity contribution in [1.29, 1.82) is 0 Å². The van der Waals surface area contributed by atoms with Gasteiger partial charge < -0.3 is 0 Å². The van der Waals surface area contributed by atoms with Crippen LogP contribution in [0.3, 0.4) is 0 Å². The van der Waals surface area contributed by atoms with Gasteiger partial charge in [0.1, 0.15) is 5.69 Å². The molecule has 0 saturated heterocycles. The first-order valence-electron chi connectivity index (χ1n) is 7.24. The average Bonchev–Trinajstić information content (AvgIpc) is 2.85. The van der Waals surface area contributed by atoms with Crippen LogP contribution in [0.25, 0.3) is 16.9 Å². The third kappa shape index (κ3) is 3.20. The summed E-state index contributed by atoms with van der Waals surface area (Å²) in [6.45, 7) is 2.01. The Kier molecular flexibility index (Phi) is 4.95. The molecular weight excluding hydrogens is 365 g/mol. The van der Waals surface area contributed by atoms with Crippen molar-refractivity contribution in [3.8, 4) is 16.9 Å². The van der Waals surface area contributed by atoms with Crippen LogP contribution >= 0.6 is 34.8 Å². The Balaban J connectivity index is 2.28. The number of hydrogen-bond donors (Lipinski definition) is 0. The number of aromatic nitrogens is 2. The van der Waals surface area contributed by atoms with E-state index in [9.17, 15) is 0 Å². The maximum atomic E-state index is 6.39. The van der Waals surface area contributed by atoms with Gasteiger partial charge in [0.25, 0.3) is 0 Å². The predicted octanol–water partition coefficient (Wildman–Crippen LogP) is 5.86. The first kappa shape index (κ1) is 17.0. The highest BCUT2D eigenvalue weighted by Gasteiger charge is 2.18. The molecule has 0 aliphatic rings. The lowest BCUT2D eigenvalue weighted by Gasteiger charge is -2.11. The van der Waals surface area contributed by atoms with Gasteiger partial charge in [-0.3, -0.25) is 4.99 Å². The van der Waals surface area contributed by atoms with Gasteiger partial charge in [-0.05, 0) is 37.3 Å². The third-order valence-corrected chi connectivity index (χ3v) is 4.46. The van der Waals surface area contributed by atoms with Gasteiger partial charge in [-0.15, -0.1) is 0 Å². The molecule has 0 aliphatic heterocycles. The van der Waals surface area contributed by atoms with E-state index < -0.39 is 0 Å². The van der Waals surface area contributed by atoms with E-state index in [2.05, 4.69) is 10.1 Å². The summed E-state index contributed by atoms with van der Waals surface area (Å²) in [5.41, 5.74) is 4.48. The molecule has 0 fully saturated rings. The molecule has 0 N–H and O–H groups in total. The fraction of sp³-hybridized carbons (Fsp3) is 0.111. The molecule has 0 radical (unpaired) electrons. The zero-order chi connectivity index (χ0) is 17.3. The first-order chi connectivity index (χ1) is 11.5. The lowest BCUT2D eigenvalue weighted by molar-refractivity contribution is 0.884. The van der Waals surface area contributed by atoms with Crippen molar-refractivity contribution in [3.63, 3.8) is 0 Å². The van der Waals surface area contributed by atoms with Crippen molar-refractivity contribution in [2.45, 2.75) is 6.92 Å². The van der Waals surface area contributed by atoms with Crippen LogP contribution in [0.15, 0.2) is 47.5 Å². The molecule has 3 nitrogen and oxygen atoms in total. The molecule has 3 rings (SSSR count). The fourth-order valence-corrected chi connectivity index (χ4v) is 3.15. The molecule has 0 amide bonds. The summed E-state index contributed by atoms with van der Waals surface area (Å²) in [6.07, 6.45) is 1.73. The van der Waals surface area contributed by atoms with Crippen molar-refractivity contribution < 1.29 is 0 Å². The average molecular weight is 379 g/mol. The largest absolute Gasteiger partial charge is 0.294 e. The fourth-order valence-electron chi connectivity index (χ4n) is 2.53. The molecule has 0 spiro atoms. The second-order valence-electron chi connectivity index (χ2n) is 5.26. The van der Waals surface area contributed by atoms with Gasteiger partial charge in [-0.2, -0.15) is 5.10 Å². The molecule has 0 saturated carbocycles. The summed E-state index contributed by atoms with van der Waals surface area (Å²) < 4.78 is 1.81. The van der Waals surface area contributed by atoms with E-state index in [-0.39, 0.29) is 0 Å². The van der Waals surface area contributed by atoms with Crippen LogP contribution in [-0.2, 0) is 0 Å². The summed E-state index contributed by atoms with van der Waals surface area (Å²) in [6, 6.07) is 13.0. The number of aliphatic imine (C=N–C) groups is 1. The van der Waals surface area contributed by atoms with E-state index in [0.29, 0.717) is 15.1 Å². The second kappa shape index (κ2) is 6.98. The summed E-state index contributed by atoms with van der Waals surface area (Å²) in [5.74, 6) is 0. The zero-order valence-corrected chi connectivity index (χ0v) is 15.4. The van der Waals surface area contributed by atoms with E-state index in [1.165, 1.54) is 0 Å². The van der Waals surface area contributed by atoms with Crippen molar-refractivity contribution in [2.24, 2.45) is 4.99 Å². The molecule has 0 bridgehead atoms. The quantitative estimate of drug-likeness (QED) is 0.525. The van der Waals surface area contributed by atoms with Crippen molar-refractivity contribution in [1.82, 2.24) is 9.78 Å². The first-order valence-corrected chi connectivity index (χ1v) is 8.38. The number of nitrogens with zero attached hydrogens (tertiary/aromatic N) is 3. The van der Waals surface area contributed by atoms with E-state index >= 15 is 0 Å². The molecule has 0 unspecified atom stereocenters. The molecular formula is C18H14Cl3N3. The molecule has 2 aromatic carbocycles. The van der Waals surface area contributed by atoms with Crippen LogP contribution in [0.1, 0.15) is 11.3 Å². The number of halogens is 3. The Morgan fingerprint density at radius 3 is 2.29 bits per heavy atom. The number of benzene rings is 2. The minimum Gasteiger partial charge on any atom is -0.294 e. The Labute approximate surface area is 155 Å². The van der Waals surface area contributed by atoms with Gasteiger partial charge in [-0.1, -0.05) is 46.9 Å². The van der Waals surface area contributed by atoms with E-state index in [4.69, 9.17) is 34.8 Å². The van der Waals surface area contributed by atoms with Crippen LogP contribution in [0.2, 0.25) is 15.1 Å². The summed E-state index contributed by atoms with van der Waals surface area (Å²) in [7, 11) is 1.72. The van der Waals surface area contributed by atoms with Gasteiger partial charge in [0, 0.05) is 34.4 Å². The highest BCUT2D eigenvalue weighted by atomic mass is 35.5. The third-order valence-electron chi connectivity index (χ3n) is 3.67. The van der Waals surface area contributed by atoms with Crippen LogP contribution < -0.4 is 0 Å². The van der Waals surface area contributed by atoms with Crippen LogP contribution in [-0.4, -0.2) is 23.0 Å². The van der Waals surface area contributed by atoms with Crippen molar-refractivity contribution in [3.05, 3.63) is 68.8 Å². The van der Waals surface area contributed by atoms with Crippen LogP contribution in [0.4, 0.5) is 0 Å². The van der Waals surface area contributed by atoms with Crippen LogP contribution in [0.5, 0.6) is 0 Å². The molecule has 1 aromatic heterocycles. The minimum atomic E-state index is 0.528. The number of rotatable bonds is 3. The van der Waals surface area contributed by atoms with E-state index in [1.807, 2.05) is 41.9 Å². The molecule has 6 heteroatoms. The second-order valence-corrected chi connectivity index (χ2v) is 6.54. The predicted molar refractivity (Wildman–Crippen MR) is 102 cm³/mol. The van der Waals surface area contributed by atoms with E-state index in [0.717, 1.165) is 28.2 Å². The Hall–Kier alpha value is -1.81. The summed E-state index contributed by atoms with van der Waals surface area (Å²) >= 11 is 18.4. The van der Waals surface area contributed by atoms with Gasteiger partial charge >= 0.3 is 0 Å². The Morgan fingerprint density at radius 2 is 1.67 bits per heavy atom. The Bertz CT molecular complexity index is 912. The topological polar surface area (TPSA) is 30.2 Å². The molecule has 3 aromatic rings. The zero-order valence-electron chi connectivity index (χ0n) is 13.1. The van der Waals surface area contributed by atoms with Gasteiger partial charge in [0.15, 0.2) is 0 Å². The highest BCUT2D eigenvalue weighted by molar-refractivity contribution is 6.35. The van der Waals surface area contributed by atoms with Gasteiger partial charge in [0.2, 0.25) is 0 Å². The molecule has 0 aliphatic carbocycles. The summed E-state index contributed by atoms with van der Waals surface area (Å²) in [4.78, 5) is 4.08. The summed E-state index contributed by atoms with van der Waals surface area (Å²) in [5, 5.41) is 6.46. The molecule has 0 atom stereocenters. The van der Waals surface area contributed by atoms with Crippen LogP contribution in [0, 0.1) is 6.92 Å². The van der Waals surface area contributed by atoms with E-state index in [1.54, 1.807) is 25.4 Å².